The van der Waals surface area contributed by atoms with Crippen molar-refractivity contribution in [3.63, 3.8) is 0 Å². The number of nitrogens with zero attached hydrogens (tertiary/aromatic N) is 1. The van der Waals surface area contributed by atoms with Gasteiger partial charge in [0.2, 0.25) is 5.91 Å². The first-order valence-electron chi connectivity index (χ1n) is 5.84. The standard InChI is InChI=1S/C13H14BrNO5/c14-10-3-1-2-9(6-10)4-5-11(16)15(7-12(17)18)8-13(19)20/h1-3,6H,4-5,7-8H2,(H,17,18)(H,19,20). The van der Waals surface area contributed by atoms with Crippen LogP contribution in [-0.2, 0) is 20.8 Å². The number of carboxylic acids is 2. The van der Waals surface area contributed by atoms with Gasteiger partial charge in [0.05, 0.1) is 0 Å². The van der Waals surface area contributed by atoms with Crippen LogP contribution in [0.3, 0.4) is 0 Å². The van der Waals surface area contributed by atoms with Crippen molar-refractivity contribution in [2.45, 2.75) is 12.8 Å². The number of amides is 1. The van der Waals surface area contributed by atoms with E-state index in [1.54, 1.807) is 0 Å². The summed E-state index contributed by atoms with van der Waals surface area (Å²) in [6.45, 7) is -1.22. The number of hydrogen-bond donors (Lipinski definition) is 2. The van der Waals surface area contributed by atoms with Crippen molar-refractivity contribution in [1.29, 1.82) is 0 Å². The van der Waals surface area contributed by atoms with E-state index in [4.69, 9.17) is 10.2 Å². The van der Waals surface area contributed by atoms with Crippen LogP contribution in [0.2, 0.25) is 0 Å². The van der Waals surface area contributed by atoms with Crippen molar-refractivity contribution in [2.24, 2.45) is 0 Å². The molecule has 0 bridgehead atoms. The monoisotopic (exact) mass is 343 g/mol. The maximum Gasteiger partial charge on any atom is 0.323 e. The first kappa shape index (κ1) is 16.2. The minimum absolute atomic E-state index is 0.0665. The van der Waals surface area contributed by atoms with E-state index in [-0.39, 0.29) is 6.42 Å². The first-order chi connectivity index (χ1) is 9.38. The molecule has 0 aliphatic rings. The quantitative estimate of drug-likeness (QED) is 0.779. The summed E-state index contributed by atoms with van der Waals surface area (Å²) < 4.78 is 0.885. The van der Waals surface area contributed by atoms with Crippen LogP contribution >= 0.6 is 15.9 Å². The molecular formula is C13H14BrNO5. The van der Waals surface area contributed by atoms with Crippen molar-refractivity contribution in [3.8, 4) is 0 Å². The molecule has 6 nitrogen and oxygen atoms in total. The van der Waals surface area contributed by atoms with Gasteiger partial charge in [0.25, 0.3) is 0 Å². The van der Waals surface area contributed by atoms with Crippen LogP contribution in [0.4, 0.5) is 0 Å². The molecular weight excluding hydrogens is 330 g/mol. The van der Waals surface area contributed by atoms with Gasteiger partial charge in [-0.05, 0) is 24.1 Å². The molecule has 0 aliphatic heterocycles. The number of halogens is 1. The van der Waals surface area contributed by atoms with E-state index in [0.717, 1.165) is 14.9 Å². The Morgan fingerprint density at radius 3 is 2.20 bits per heavy atom. The van der Waals surface area contributed by atoms with Gasteiger partial charge in [-0.15, -0.1) is 0 Å². The first-order valence-corrected chi connectivity index (χ1v) is 6.63. The summed E-state index contributed by atoms with van der Waals surface area (Å²) in [4.78, 5) is 33.9. The highest BCUT2D eigenvalue weighted by Gasteiger charge is 2.19. The largest absolute Gasteiger partial charge is 0.480 e. The smallest absolute Gasteiger partial charge is 0.323 e. The van der Waals surface area contributed by atoms with Crippen LogP contribution in [0.15, 0.2) is 28.7 Å². The number of rotatable bonds is 7. The fourth-order valence-corrected chi connectivity index (χ4v) is 2.11. The maximum atomic E-state index is 11.9. The van der Waals surface area contributed by atoms with Gasteiger partial charge in [0.15, 0.2) is 0 Å². The molecule has 108 valence electrons. The molecule has 1 aromatic rings. The summed E-state index contributed by atoms with van der Waals surface area (Å²) in [6, 6.07) is 7.38. The van der Waals surface area contributed by atoms with Crippen molar-refractivity contribution in [2.75, 3.05) is 13.1 Å². The van der Waals surface area contributed by atoms with E-state index < -0.39 is 30.9 Å². The Balaban J connectivity index is 2.61. The summed E-state index contributed by atoms with van der Waals surface area (Å²) in [5.41, 5.74) is 0.915. The molecule has 0 unspecified atom stereocenters. The molecule has 0 spiro atoms. The van der Waals surface area contributed by atoms with Gasteiger partial charge < -0.3 is 15.1 Å². The van der Waals surface area contributed by atoms with E-state index in [2.05, 4.69) is 15.9 Å². The Kier molecular flexibility index (Phi) is 6.17. The molecule has 0 saturated heterocycles. The van der Waals surface area contributed by atoms with E-state index in [1.165, 1.54) is 0 Å². The number of hydrogen-bond acceptors (Lipinski definition) is 3. The lowest BCUT2D eigenvalue weighted by atomic mass is 10.1. The van der Waals surface area contributed by atoms with Gasteiger partial charge >= 0.3 is 11.9 Å². The molecule has 1 amide bonds. The topological polar surface area (TPSA) is 94.9 Å². The molecule has 1 rings (SSSR count). The fourth-order valence-electron chi connectivity index (χ4n) is 1.66. The van der Waals surface area contributed by atoms with Gasteiger partial charge in [-0.1, -0.05) is 28.1 Å². The second kappa shape index (κ2) is 7.64. The highest BCUT2D eigenvalue weighted by atomic mass is 79.9. The molecule has 1 aromatic carbocycles. The zero-order valence-electron chi connectivity index (χ0n) is 10.6. The highest BCUT2D eigenvalue weighted by molar-refractivity contribution is 9.10. The van der Waals surface area contributed by atoms with Crippen molar-refractivity contribution in [3.05, 3.63) is 34.3 Å². The number of benzene rings is 1. The Morgan fingerprint density at radius 2 is 1.70 bits per heavy atom. The lowest BCUT2D eigenvalue weighted by molar-refractivity contribution is -0.149. The van der Waals surface area contributed by atoms with E-state index in [9.17, 15) is 14.4 Å². The van der Waals surface area contributed by atoms with Crippen molar-refractivity contribution < 1.29 is 24.6 Å². The molecule has 0 aliphatic carbocycles. The van der Waals surface area contributed by atoms with Gasteiger partial charge in [0, 0.05) is 10.9 Å². The normalized spacial score (nSPS) is 10.1. The minimum Gasteiger partial charge on any atom is -0.480 e. The second-order valence-corrected chi connectivity index (χ2v) is 5.08. The molecule has 0 fully saturated rings. The summed E-state index contributed by atoms with van der Waals surface area (Å²) in [6.07, 6.45) is 0.491. The number of carboxylic acid groups (broad SMARTS) is 2. The Labute approximate surface area is 124 Å². The second-order valence-electron chi connectivity index (χ2n) is 4.17. The van der Waals surface area contributed by atoms with Gasteiger partial charge in [-0.3, -0.25) is 14.4 Å². The number of carbonyl (C=O) groups excluding carboxylic acids is 1. The van der Waals surface area contributed by atoms with Crippen molar-refractivity contribution >= 4 is 33.8 Å². The third-order valence-corrected chi connectivity index (χ3v) is 3.01. The van der Waals surface area contributed by atoms with Crippen LogP contribution in [0.25, 0.3) is 0 Å². The summed E-state index contributed by atoms with van der Waals surface area (Å²) >= 11 is 3.31. The Bertz CT molecular complexity index is 501. The van der Waals surface area contributed by atoms with Crippen LogP contribution in [0.1, 0.15) is 12.0 Å². The predicted molar refractivity (Wildman–Crippen MR) is 74.3 cm³/mol. The number of aryl methyl sites for hydroxylation is 1. The zero-order valence-corrected chi connectivity index (χ0v) is 12.2. The third kappa shape index (κ3) is 5.83. The van der Waals surface area contributed by atoms with Gasteiger partial charge in [-0.2, -0.15) is 0 Å². The van der Waals surface area contributed by atoms with Gasteiger partial charge in [0.1, 0.15) is 13.1 Å². The molecule has 0 atom stereocenters. The molecule has 0 aromatic heterocycles. The highest BCUT2D eigenvalue weighted by Crippen LogP contribution is 2.13. The Hall–Kier alpha value is -1.89. The molecule has 2 N–H and O–H groups in total. The predicted octanol–water partition coefficient (Wildman–Crippen LogP) is 1.38. The summed E-state index contributed by atoms with van der Waals surface area (Å²) in [5.74, 6) is -2.96. The number of aliphatic carboxylic acids is 2. The molecule has 0 saturated carbocycles. The van der Waals surface area contributed by atoms with E-state index in [1.807, 2.05) is 24.3 Å². The average molecular weight is 344 g/mol. The van der Waals surface area contributed by atoms with Gasteiger partial charge in [-0.25, -0.2) is 0 Å². The van der Waals surface area contributed by atoms with E-state index >= 15 is 0 Å². The minimum atomic E-state index is -1.23. The zero-order chi connectivity index (χ0) is 15.1. The Morgan fingerprint density at radius 1 is 1.10 bits per heavy atom. The molecule has 7 heteroatoms. The molecule has 0 heterocycles. The van der Waals surface area contributed by atoms with Crippen LogP contribution in [0, 0.1) is 0 Å². The molecule has 20 heavy (non-hydrogen) atoms. The summed E-state index contributed by atoms with van der Waals surface area (Å²) in [5, 5.41) is 17.3. The third-order valence-electron chi connectivity index (χ3n) is 2.52. The average Bonchev–Trinajstić information content (AvgIpc) is 2.34. The van der Waals surface area contributed by atoms with E-state index in [0.29, 0.717) is 6.42 Å². The van der Waals surface area contributed by atoms with Crippen LogP contribution < -0.4 is 0 Å². The summed E-state index contributed by atoms with van der Waals surface area (Å²) in [7, 11) is 0. The van der Waals surface area contributed by atoms with Crippen molar-refractivity contribution in [1.82, 2.24) is 4.90 Å². The maximum absolute atomic E-state index is 11.9. The number of carbonyl (C=O) groups is 3. The fraction of sp³-hybridized carbons (Fsp3) is 0.308. The molecule has 0 radical (unpaired) electrons. The lowest BCUT2D eigenvalue weighted by Crippen LogP contribution is -2.39. The lowest BCUT2D eigenvalue weighted by Gasteiger charge is -2.18. The van der Waals surface area contributed by atoms with Crippen LogP contribution in [0.5, 0.6) is 0 Å². The SMILES string of the molecule is O=C(O)CN(CC(=O)O)C(=O)CCc1cccc(Br)c1. The van der Waals surface area contributed by atoms with Crippen LogP contribution in [-0.4, -0.2) is 46.0 Å².